The van der Waals surface area contributed by atoms with E-state index in [9.17, 15) is 15.2 Å². The Hall–Kier alpha value is -1.66. The lowest BCUT2D eigenvalue weighted by Crippen LogP contribution is -2.45. The van der Waals surface area contributed by atoms with Gasteiger partial charge in [-0.15, -0.1) is 0 Å². The van der Waals surface area contributed by atoms with Crippen LogP contribution in [0.2, 0.25) is 0 Å². The molecular weight excluding hydrogens is 270 g/mol. The molecule has 1 aromatic rings. The van der Waals surface area contributed by atoms with Gasteiger partial charge in [-0.3, -0.25) is 15.0 Å². The van der Waals surface area contributed by atoms with Crippen molar-refractivity contribution >= 4 is 5.69 Å². The van der Waals surface area contributed by atoms with E-state index in [1.165, 1.54) is 12.1 Å². The van der Waals surface area contributed by atoms with Crippen LogP contribution in [0.15, 0.2) is 18.2 Å². The van der Waals surface area contributed by atoms with Gasteiger partial charge < -0.3 is 10.4 Å². The molecular formula is C15H23N3O3. The molecule has 0 spiro atoms. The number of aromatic hydroxyl groups is 1. The minimum atomic E-state index is -0.351. The van der Waals surface area contributed by atoms with Crippen LogP contribution in [-0.2, 0) is 0 Å². The molecule has 1 aliphatic rings. The maximum absolute atomic E-state index is 11.3. The van der Waals surface area contributed by atoms with Crippen LogP contribution in [0.25, 0.3) is 0 Å². The summed E-state index contributed by atoms with van der Waals surface area (Å²) in [6.07, 6.45) is 2.94. The number of nitrogens with zero attached hydrogens (tertiary/aromatic N) is 2. The summed E-state index contributed by atoms with van der Waals surface area (Å²) in [6.45, 7) is 5.67. The maximum Gasteiger partial charge on any atom is 0.274 e. The Morgan fingerprint density at radius 3 is 2.76 bits per heavy atom. The Morgan fingerprint density at radius 2 is 2.14 bits per heavy atom. The topological polar surface area (TPSA) is 78.6 Å². The highest BCUT2D eigenvalue weighted by Crippen LogP contribution is 2.35. The van der Waals surface area contributed by atoms with E-state index in [2.05, 4.69) is 17.1 Å². The fraction of sp³-hybridized carbons (Fsp3) is 0.600. The second kappa shape index (κ2) is 7.38. The molecule has 6 nitrogen and oxygen atoms in total. The molecule has 0 aliphatic carbocycles. The van der Waals surface area contributed by atoms with E-state index in [4.69, 9.17) is 0 Å². The highest BCUT2D eigenvalue weighted by atomic mass is 16.6. The summed E-state index contributed by atoms with van der Waals surface area (Å²) in [4.78, 5) is 13.2. The Morgan fingerprint density at radius 1 is 1.43 bits per heavy atom. The number of benzene rings is 1. The van der Waals surface area contributed by atoms with Crippen LogP contribution in [-0.4, -0.2) is 41.1 Å². The molecule has 1 aromatic carbocycles. The number of phenolic OH excluding ortho intramolecular Hbond substituents is 1. The van der Waals surface area contributed by atoms with Crippen molar-refractivity contribution in [3.8, 4) is 5.75 Å². The average Bonchev–Trinajstić information content (AvgIpc) is 2.48. The van der Waals surface area contributed by atoms with Crippen LogP contribution in [0, 0.1) is 10.1 Å². The van der Waals surface area contributed by atoms with Gasteiger partial charge in [0.15, 0.2) is 0 Å². The number of nitro groups is 1. The lowest BCUT2D eigenvalue weighted by molar-refractivity contribution is -0.386. The molecule has 0 bridgehead atoms. The number of rotatable bonds is 6. The quantitative estimate of drug-likeness (QED) is 0.622. The van der Waals surface area contributed by atoms with Gasteiger partial charge in [0.25, 0.3) is 5.69 Å². The lowest BCUT2D eigenvalue weighted by atomic mass is 9.97. The average molecular weight is 293 g/mol. The molecule has 1 saturated heterocycles. The first-order valence-corrected chi connectivity index (χ1v) is 7.55. The molecule has 6 heteroatoms. The molecule has 1 heterocycles. The Bertz CT molecular complexity index is 487. The normalized spacial score (nSPS) is 17.6. The second-order valence-electron chi connectivity index (χ2n) is 5.44. The third-order valence-corrected chi connectivity index (χ3v) is 3.99. The number of nitro benzene ring substituents is 1. The molecule has 1 atom stereocenters. The van der Waals surface area contributed by atoms with Crippen molar-refractivity contribution in [1.82, 2.24) is 10.2 Å². The van der Waals surface area contributed by atoms with Gasteiger partial charge in [0.2, 0.25) is 0 Å². The minimum Gasteiger partial charge on any atom is -0.508 e. The van der Waals surface area contributed by atoms with Gasteiger partial charge in [-0.05, 0) is 18.6 Å². The first-order valence-electron chi connectivity index (χ1n) is 7.55. The fourth-order valence-electron chi connectivity index (χ4n) is 2.90. The highest BCUT2D eigenvalue weighted by Gasteiger charge is 2.28. The van der Waals surface area contributed by atoms with E-state index >= 15 is 0 Å². The van der Waals surface area contributed by atoms with Gasteiger partial charge in [0.1, 0.15) is 5.75 Å². The molecule has 2 rings (SSSR count). The van der Waals surface area contributed by atoms with E-state index < -0.39 is 0 Å². The molecule has 1 fully saturated rings. The summed E-state index contributed by atoms with van der Waals surface area (Å²) in [7, 11) is 0. The minimum absolute atomic E-state index is 0.000417. The van der Waals surface area contributed by atoms with Crippen molar-refractivity contribution in [3.05, 3.63) is 33.9 Å². The molecule has 1 aliphatic heterocycles. The van der Waals surface area contributed by atoms with Crippen molar-refractivity contribution in [2.75, 3.05) is 26.2 Å². The second-order valence-corrected chi connectivity index (χ2v) is 5.44. The smallest absolute Gasteiger partial charge is 0.274 e. The van der Waals surface area contributed by atoms with Crippen molar-refractivity contribution < 1.29 is 10.0 Å². The SMILES string of the molecule is CCCC[C@@H](c1cc(O)ccc1[N+](=O)[O-])N1CCNCC1. The van der Waals surface area contributed by atoms with Crippen molar-refractivity contribution in [2.45, 2.75) is 32.2 Å². The molecule has 0 unspecified atom stereocenters. The Labute approximate surface area is 124 Å². The van der Waals surface area contributed by atoms with E-state index in [-0.39, 0.29) is 22.4 Å². The zero-order valence-corrected chi connectivity index (χ0v) is 12.4. The summed E-state index contributed by atoms with van der Waals surface area (Å²) in [5.74, 6) is 0.0900. The monoisotopic (exact) mass is 293 g/mol. The molecule has 0 radical (unpaired) electrons. The van der Waals surface area contributed by atoms with Gasteiger partial charge in [0.05, 0.1) is 10.5 Å². The highest BCUT2D eigenvalue weighted by molar-refractivity contribution is 5.46. The molecule has 2 N–H and O–H groups in total. The number of nitrogens with one attached hydrogen (secondary N) is 1. The first kappa shape index (κ1) is 15.7. The third kappa shape index (κ3) is 3.92. The zero-order chi connectivity index (χ0) is 15.2. The van der Waals surface area contributed by atoms with E-state index in [0.717, 1.165) is 45.4 Å². The predicted molar refractivity (Wildman–Crippen MR) is 81.5 cm³/mol. The third-order valence-electron chi connectivity index (χ3n) is 3.99. The van der Waals surface area contributed by atoms with Crippen molar-refractivity contribution in [2.24, 2.45) is 0 Å². The maximum atomic E-state index is 11.3. The fourth-order valence-corrected chi connectivity index (χ4v) is 2.90. The Kier molecular flexibility index (Phi) is 5.52. The van der Waals surface area contributed by atoms with Crippen LogP contribution < -0.4 is 5.32 Å². The van der Waals surface area contributed by atoms with E-state index in [0.29, 0.717) is 5.56 Å². The van der Waals surface area contributed by atoms with Gasteiger partial charge in [0, 0.05) is 38.3 Å². The van der Waals surface area contributed by atoms with Crippen LogP contribution in [0.1, 0.15) is 37.8 Å². The standard InChI is InChI=1S/C15H23N3O3/c1-2-3-4-14(17-9-7-16-8-10-17)13-11-12(19)5-6-15(13)18(20)21/h5-6,11,14,16,19H,2-4,7-10H2,1H3/t14-/m0/s1. The Balaban J connectivity index is 2.34. The molecule has 116 valence electrons. The zero-order valence-electron chi connectivity index (χ0n) is 12.4. The molecule has 21 heavy (non-hydrogen) atoms. The number of phenols is 1. The number of unbranched alkanes of at least 4 members (excludes halogenated alkanes) is 1. The predicted octanol–water partition coefficient (Wildman–Crippen LogP) is 2.44. The number of piperazine rings is 1. The van der Waals surface area contributed by atoms with E-state index in [1.807, 2.05) is 0 Å². The molecule has 0 aromatic heterocycles. The van der Waals surface area contributed by atoms with Gasteiger partial charge in [-0.25, -0.2) is 0 Å². The lowest BCUT2D eigenvalue weighted by Gasteiger charge is -2.35. The molecule has 0 amide bonds. The van der Waals surface area contributed by atoms with Crippen LogP contribution in [0.5, 0.6) is 5.75 Å². The summed E-state index contributed by atoms with van der Waals surface area (Å²) in [6, 6.07) is 4.35. The molecule has 0 saturated carbocycles. The van der Waals surface area contributed by atoms with Crippen LogP contribution in [0.4, 0.5) is 5.69 Å². The van der Waals surface area contributed by atoms with Crippen LogP contribution >= 0.6 is 0 Å². The largest absolute Gasteiger partial charge is 0.508 e. The summed E-state index contributed by atoms with van der Waals surface area (Å²) < 4.78 is 0. The number of hydrogen-bond donors (Lipinski definition) is 2. The van der Waals surface area contributed by atoms with E-state index in [1.54, 1.807) is 6.07 Å². The number of hydrogen-bond acceptors (Lipinski definition) is 5. The first-order chi connectivity index (χ1) is 10.1. The summed E-state index contributed by atoms with van der Waals surface area (Å²) in [5, 5.41) is 24.3. The summed E-state index contributed by atoms with van der Waals surface area (Å²) >= 11 is 0. The summed E-state index contributed by atoms with van der Waals surface area (Å²) in [5.41, 5.74) is 0.739. The van der Waals surface area contributed by atoms with Gasteiger partial charge in [-0.2, -0.15) is 0 Å². The van der Waals surface area contributed by atoms with Crippen molar-refractivity contribution in [1.29, 1.82) is 0 Å². The van der Waals surface area contributed by atoms with Gasteiger partial charge in [-0.1, -0.05) is 19.8 Å². The van der Waals surface area contributed by atoms with Crippen molar-refractivity contribution in [3.63, 3.8) is 0 Å². The van der Waals surface area contributed by atoms with Gasteiger partial charge >= 0.3 is 0 Å². The van der Waals surface area contributed by atoms with Crippen LogP contribution in [0.3, 0.4) is 0 Å².